The zero-order valence-electron chi connectivity index (χ0n) is 17.1. The van der Waals surface area contributed by atoms with Crippen molar-refractivity contribution < 1.29 is 23.1 Å². The molecular weight excluding hydrogens is 427 g/mol. The van der Waals surface area contributed by atoms with E-state index in [0.717, 1.165) is 11.1 Å². The SMILES string of the molecule is Cc1c(-c2ccccc2)cccc1C(C#N)C1(C(=O)[O-])C(C=C(Cl)C(F)(F)F)C1(C)C. The van der Waals surface area contributed by atoms with Gasteiger partial charge in [-0.25, -0.2) is 0 Å². The van der Waals surface area contributed by atoms with Crippen LogP contribution in [0.15, 0.2) is 59.6 Å². The van der Waals surface area contributed by atoms with Crippen LogP contribution < -0.4 is 5.11 Å². The molecule has 2 aromatic rings. The highest BCUT2D eigenvalue weighted by Crippen LogP contribution is 2.75. The summed E-state index contributed by atoms with van der Waals surface area (Å²) >= 11 is 5.42. The summed E-state index contributed by atoms with van der Waals surface area (Å²) in [6.07, 6.45) is -4.10. The zero-order chi connectivity index (χ0) is 23.2. The Kier molecular flexibility index (Phi) is 5.70. The molecule has 0 aromatic heterocycles. The predicted molar refractivity (Wildman–Crippen MR) is 110 cm³/mol. The standard InChI is InChI=1S/C24H21ClF3NO2/c1-14-16(15-8-5-4-6-9-15)10-7-11-17(14)18(13-29)23(21(30)31)19(22(23,2)3)12-20(25)24(26,27)28/h4-12,18-19H,1-3H3,(H,30,31)/p-1. The second-order valence-corrected chi connectivity index (χ2v) is 8.72. The van der Waals surface area contributed by atoms with E-state index in [1.165, 1.54) is 13.8 Å². The molecule has 3 nitrogen and oxygen atoms in total. The first-order chi connectivity index (χ1) is 14.4. The van der Waals surface area contributed by atoms with Crippen molar-refractivity contribution in [2.75, 3.05) is 0 Å². The smallest absolute Gasteiger partial charge is 0.426 e. The number of alkyl halides is 3. The van der Waals surface area contributed by atoms with E-state index in [4.69, 9.17) is 11.6 Å². The molecule has 0 aliphatic heterocycles. The van der Waals surface area contributed by atoms with Crippen molar-refractivity contribution in [3.8, 4) is 17.2 Å². The monoisotopic (exact) mass is 446 g/mol. The van der Waals surface area contributed by atoms with E-state index in [0.29, 0.717) is 17.2 Å². The number of benzene rings is 2. The lowest BCUT2D eigenvalue weighted by molar-refractivity contribution is -0.316. The number of nitrogens with zero attached hydrogens (tertiary/aromatic N) is 1. The fraction of sp³-hybridized carbons (Fsp3) is 0.333. The Morgan fingerprint density at radius 3 is 2.32 bits per heavy atom. The minimum absolute atomic E-state index is 0.445. The molecule has 0 saturated heterocycles. The fourth-order valence-electron chi connectivity index (χ4n) is 4.79. The van der Waals surface area contributed by atoms with E-state index in [1.54, 1.807) is 19.1 Å². The highest BCUT2D eigenvalue weighted by Gasteiger charge is 2.75. The Morgan fingerprint density at radius 1 is 1.19 bits per heavy atom. The quantitative estimate of drug-likeness (QED) is 0.622. The number of allylic oxidation sites excluding steroid dienone is 2. The maximum Gasteiger partial charge on any atom is 0.426 e. The summed E-state index contributed by atoms with van der Waals surface area (Å²) in [6, 6.07) is 16.6. The van der Waals surface area contributed by atoms with Gasteiger partial charge >= 0.3 is 6.18 Å². The van der Waals surface area contributed by atoms with Crippen LogP contribution in [0.2, 0.25) is 0 Å². The number of nitriles is 1. The van der Waals surface area contributed by atoms with Gasteiger partial charge in [0.1, 0.15) is 5.03 Å². The van der Waals surface area contributed by atoms with Crippen LogP contribution in [0.1, 0.15) is 30.9 Å². The van der Waals surface area contributed by atoms with Gasteiger partial charge in [-0.15, -0.1) is 0 Å². The van der Waals surface area contributed by atoms with Crippen LogP contribution >= 0.6 is 11.6 Å². The summed E-state index contributed by atoms with van der Waals surface area (Å²) in [5.74, 6) is -3.92. The minimum atomic E-state index is -4.80. The highest BCUT2D eigenvalue weighted by atomic mass is 35.5. The molecule has 3 rings (SSSR count). The molecule has 2 aromatic carbocycles. The van der Waals surface area contributed by atoms with Crippen LogP contribution in [-0.2, 0) is 4.79 Å². The third-order valence-corrected chi connectivity index (χ3v) is 6.87. The average Bonchev–Trinajstić information content (AvgIpc) is 3.19. The first kappa shape index (κ1) is 22.9. The van der Waals surface area contributed by atoms with Gasteiger partial charge in [0.2, 0.25) is 0 Å². The minimum Gasteiger partial charge on any atom is -0.549 e. The Bertz CT molecular complexity index is 1090. The average molecular weight is 447 g/mol. The van der Waals surface area contributed by atoms with Crippen LogP contribution in [0, 0.1) is 35.0 Å². The molecule has 3 atom stereocenters. The van der Waals surface area contributed by atoms with Gasteiger partial charge < -0.3 is 9.90 Å². The van der Waals surface area contributed by atoms with E-state index in [2.05, 4.69) is 0 Å². The number of carbonyl (C=O) groups excluding carboxylic acids is 1. The van der Waals surface area contributed by atoms with Gasteiger partial charge in [0.25, 0.3) is 0 Å². The Labute approximate surface area is 183 Å². The Morgan fingerprint density at radius 2 is 1.81 bits per heavy atom. The topological polar surface area (TPSA) is 63.9 Å². The number of rotatable bonds is 5. The molecule has 0 bridgehead atoms. The summed E-state index contributed by atoms with van der Waals surface area (Å²) < 4.78 is 39.1. The van der Waals surface area contributed by atoms with E-state index >= 15 is 0 Å². The Balaban J connectivity index is 2.17. The van der Waals surface area contributed by atoms with Crippen molar-refractivity contribution in [3.05, 3.63) is 70.8 Å². The van der Waals surface area contributed by atoms with Gasteiger partial charge in [0.05, 0.1) is 18.0 Å². The first-order valence-electron chi connectivity index (χ1n) is 9.61. The number of halogens is 4. The van der Waals surface area contributed by atoms with E-state index in [-0.39, 0.29) is 0 Å². The highest BCUT2D eigenvalue weighted by molar-refractivity contribution is 6.30. The number of hydrogen-bond donors (Lipinski definition) is 0. The van der Waals surface area contributed by atoms with Crippen LogP contribution in [0.5, 0.6) is 0 Å². The molecule has 162 valence electrons. The third-order valence-electron chi connectivity index (χ3n) is 6.53. The number of carbonyl (C=O) groups is 1. The lowest BCUT2D eigenvalue weighted by Crippen LogP contribution is -2.40. The molecule has 1 fully saturated rings. The van der Waals surface area contributed by atoms with Crippen LogP contribution in [0.3, 0.4) is 0 Å². The van der Waals surface area contributed by atoms with Gasteiger partial charge in [0.15, 0.2) is 0 Å². The molecule has 0 spiro atoms. The fourth-order valence-corrected chi connectivity index (χ4v) is 4.92. The third kappa shape index (κ3) is 3.51. The Hall–Kier alpha value is -2.78. The second-order valence-electron chi connectivity index (χ2n) is 8.32. The van der Waals surface area contributed by atoms with Crippen LogP contribution in [-0.4, -0.2) is 12.1 Å². The van der Waals surface area contributed by atoms with Crippen molar-refractivity contribution in [1.29, 1.82) is 5.26 Å². The molecule has 1 saturated carbocycles. The summed E-state index contributed by atoms with van der Waals surface area (Å²) in [6.45, 7) is 4.81. The molecule has 0 radical (unpaired) electrons. The summed E-state index contributed by atoms with van der Waals surface area (Å²) in [5, 5.41) is 21.0. The molecular formula is C24H20ClF3NO2-. The van der Waals surface area contributed by atoms with Crippen molar-refractivity contribution in [2.45, 2.75) is 32.9 Å². The van der Waals surface area contributed by atoms with Gasteiger partial charge in [-0.2, -0.15) is 18.4 Å². The predicted octanol–water partition coefficient (Wildman–Crippen LogP) is 5.35. The van der Waals surface area contributed by atoms with E-state index in [9.17, 15) is 28.3 Å². The van der Waals surface area contributed by atoms with Crippen LogP contribution in [0.25, 0.3) is 11.1 Å². The van der Waals surface area contributed by atoms with Crippen molar-refractivity contribution in [1.82, 2.24) is 0 Å². The van der Waals surface area contributed by atoms with Crippen molar-refractivity contribution >= 4 is 17.6 Å². The van der Waals surface area contributed by atoms with Gasteiger partial charge in [-0.1, -0.05) is 80.1 Å². The number of carboxylic acid groups (broad SMARTS) is 1. The lowest BCUT2D eigenvalue weighted by atomic mass is 9.76. The molecule has 0 N–H and O–H groups in total. The van der Waals surface area contributed by atoms with Crippen molar-refractivity contribution in [3.63, 3.8) is 0 Å². The molecule has 0 amide bonds. The van der Waals surface area contributed by atoms with Gasteiger partial charge in [-0.3, -0.25) is 0 Å². The van der Waals surface area contributed by atoms with E-state index in [1.807, 2.05) is 42.5 Å². The summed E-state index contributed by atoms with van der Waals surface area (Å²) in [4.78, 5) is 12.4. The molecule has 7 heteroatoms. The summed E-state index contributed by atoms with van der Waals surface area (Å²) in [5.41, 5.74) is -0.202. The number of aliphatic carboxylic acids is 1. The van der Waals surface area contributed by atoms with Gasteiger partial charge in [0, 0.05) is 5.41 Å². The van der Waals surface area contributed by atoms with Crippen LogP contribution in [0.4, 0.5) is 13.2 Å². The van der Waals surface area contributed by atoms with E-state index < -0.39 is 39.8 Å². The number of hydrogen-bond acceptors (Lipinski definition) is 3. The van der Waals surface area contributed by atoms with Crippen molar-refractivity contribution in [2.24, 2.45) is 16.7 Å². The second kappa shape index (κ2) is 7.72. The molecule has 1 aliphatic carbocycles. The maximum atomic E-state index is 13.0. The number of carboxylic acids is 1. The molecule has 31 heavy (non-hydrogen) atoms. The largest absolute Gasteiger partial charge is 0.549 e. The molecule has 3 unspecified atom stereocenters. The van der Waals surface area contributed by atoms with Gasteiger partial charge in [-0.05, 0) is 40.5 Å². The molecule has 0 heterocycles. The normalized spacial score (nSPS) is 23.7. The molecule has 1 aliphatic rings. The zero-order valence-corrected chi connectivity index (χ0v) is 17.9. The lowest BCUT2D eigenvalue weighted by Gasteiger charge is -2.29. The first-order valence-corrected chi connectivity index (χ1v) is 9.99. The summed E-state index contributed by atoms with van der Waals surface area (Å²) in [7, 11) is 0. The maximum absolute atomic E-state index is 13.0.